The zero-order valence-corrected chi connectivity index (χ0v) is 13.1. The van der Waals surface area contributed by atoms with Crippen molar-refractivity contribution in [3.8, 4) is 0 Å². The van der Waals surface area contributed by atoms with Crippen LogP contribution in [0.2, 0.25) is 0 Å². The minimum absolute atomic E-state index is 0.304. The van der Waals surface area contributed by atoms with Gasteiger partial charge in [0.1, 0.15) is 0 Å². The molecule has 2 amide bonds. The number of para-hydroxylation sites is 1. The first-order valence-electron chi connectivity index (χ1n) is 7.99. The van der Waals surface area contributed by atoms with Gasteiger partial charge in [-0.1, -0.05) is 18.2 Å². The van der Waals surface area contributed by atoms with Gasteiger partial charge in [0, 0.05) is 34.8 Å². The normalized spacial score (nSPS) is 20.1. The van der Waals surface area contributed by atoms with Gasteiger partial charge in [0.15, 0.2) is 0 Å². The predicted octanol–water partition coefficient (Wildman–Crippen LogP) is 1.95. The van der Waals surface area contributed by atoms with Crippen LogP contribution in [0.1, 0.15) is 24.4 Å². The van der Waals surface area contributed by atoms with Crippen molar-refractivity contribution < 1.29 is 9.59 Å². The maximum Gasteiger partial charge on any atom is 0.258 e. The maximum absolute atomic E-state index is 12.0. The molecule has 23 heavy (non-hydrogen) atoms. The number of aromatic nitrogens is 1. The van der Waals surface area contributed by atoms with E-state index in [4.69, 9.17) is 0 Å². The molecule has 1 saturated heterocycles. The van der Waals surface area contributed by atoms with E-state index in [1.807, 2.05) is 24.4 Å². The van der Waals surface area contributed by atoms with Crippen LogP contribution in [0.5, 0.6) is 0 Å². The Balaban J connectivity index is 1.82. The highest BCUT2D eigenvalue weighted by Gasteiger charge is 2.27. The number of rotatable bonds is 2. The van der Waals surface area contributed by atoms with Crippen LogP contribution >= 0.6 is 0 Å². The zero-order valence-electron chi connectivity index (χ0n) is 13.1. The molecule has 0 aliphatic carbocycles. The van der Waals surface area contributed by atoms with Gasteiger partial charge in [0.05, 0.1) is 5.57 Å². The molecule has 0 atom stereocenters. The average Bonchev–Trinajstić information content (AvgIpc) is 3.08. The number of piperidine rings is 1. The summed E-state index contributed by atoms with van der Waals surface area (Å²) in [6.45, 7) is 2.16. The van der Waals surface area contributed by atoms with Gasteiger partial charge in [0.25, 0.3) is 11.8 Å². The molecular formula is C18H19N3O2. The monoisotopic (exact) mass is 309 g/mol. The summed E-state index contributed by atoms with van der Waals surface area (Å²) in [7, 11) is 2.15. The van der Waals surface area contributed by atoms with E-state index >= 15 is 0 Å². The third-order valence-electron chi connectivity index (χ3n) is 4.87. The fourth-order valence-corrected chi connectivity index (χ4v) is 3.61. The van der Waals surface area contributed by atoms with Gasteiger partial charge >= 0.3 is 0 Å². The average molecular weight is 309 g/mol. The molecule has 2 aliphatic heterocycles. The van der Waals surface area contributed by atoms with Crippen LogP contribution in [-0.4, -0.2) is 41.4 Å². The maximum atomic E-state index is 12.0. The number of nitrogens with zero attached hydrogens (tertiary/aromatic N) is 2. The number of benzene rings is 1. The van der Waals surface area contributed by atoms with Crippen molar-refractivity contribution in [3.63, 3.8) is 0 Å². The lowest BCUT2D eigenvalue weighted by atomic mass is 10.1. The van der Waals surface area contributed by atoms with Gasteiger partial charge in [-0.05, 0) is 39.0 Å². The van der Waals surface area contributed by atoms with Gasteiger partial charge in [-0.15, -0.1) is 0 Å². The highest BCUT2D eigenvalue weighted by atomic mass is 16.2. The molecule has 1 aromatic carbocycles. The molecule has 1 N–H and O–H groups in total. The number of carbonyl (C=O) groups is 2. The molecule has 1 aromatic heterocycles. The molecule has 118 valence electrons. The smallest absolute Gasteiger partial charge is 0.258 e. The number of hydrogen-bond acceptors (Lipinski definition) is 3. The summed E-state index contributed by atoms with van der Waals surface area (Å²) >= 11 is 0. The summed E-state index contributed by atoms with van der Waals surface area (Å²) in [6, 6.07) is 8.54. The van der Waals surface area contributed by atoms with Gasteiger partial charge < -0.3 is 9.47 Å². The Morgan fingerprint density at radius 2 is 1.87 bits per heavy atom. The fourth-order valence-electron chi connectivity index (χ4n) is 3.61. The molecule has 0 saturated carbocycles. The molecular weight excluding hydrogens is 290 g/mol. The number of amides is 2. The zero-order chi connectivity index (χ0) is 16.0. The van der Waals surface area contributed by atoms with Gasteiger partial charge in [0.2, 0.25) is 0 Å². The van der Waals surface area contributed by atoms with E-state index in [2.05, 4.69) is 27.9 Å². The molecule has 0 spiro atoms. The Morgan fingerprint density at radius 1 is 1.13 bits per heavy atom. The van der Waals surface area contributed by atoms with Gasteiger partial charge in [-0.25, -0.2) is 0 Å². The third kappa shape index (κ3) is 2.37. The summed E-state index contributed by atoms with van der Waals surface area (Å²) in [5.74, 6) is -0.637. The molecule has 3 heterocycles. The second kappa shape index (κ2) is 5.35. The number of hydrogen-bond donors (Lipinski definition) is 1. The number of fused-ring (bicyclic) bond motifs is 1. The first kappa shape index (κ1) is 14.2. The number of likely N-dealkylation sites (tertiary alicyclic amines) is 1. The number of carbonyl (C=O) groups excluding carboxylic acids is 2. The highest BCUT2D eigenvalue weighted by molar-refractivity contribution is 6.35. The van der Waals surface area contributed by atoms with Crippen molar-refractivity contribution in [2.24, 2.45) is 0 Å². The third-order valence-corrected chi connectivity index (χ3v) is 4.87. The SMILES string of the molecule is CN1CCC(n2cc(C3=CC(=O)NC3=O)c3ccccc32)CC1. The standard InChI is InChI=1S/C18H19N3O2/c1-20-8-6-12(7-9-20)21-11-15(13-4-2-3-5-16(13)21)14-10-17(22)19-18(14)23/h2-5,10-12H,6-9H2,1H3,(H,19,22,23). The lowest BCUT2D eigenvalue weighted by molar-refractivity contribution is -0.123. The van der Waals surface area contributed by atoms with E-state index < -0.39 is 0 Å². The highest BCUT2D eigenvalue weighted by Crippen LogP contribution is 2.33. The minimum atomic E-state index is -0.332. The molecule has 0 radical (unpaired) electrons. The van der Waals surface area contributed by atoms with E-state index in [9.17, 15) is 9.59 Å². The molecule has 5 nitrogen and oxygen atoms in total. The first-order chi connectivity index (χ1) is 11.1. The van der Waals surface area contributed by atoms with Gasteiger partial charge in [-0.2, -0.15) is 0 Å². The molecule has 4 rings (SSSR count). The first-order valence-corrected chi connectivity index (χ1v) is 7.99. The molecule has 2 aliphatic rings. The van der Waals surface area contributed by atoms with Crippen molar-refractivity contribution in [1.29, 1.82) is 0 Å². The lowest BCUT2D eigenvalue weighted by Crippen LogP contribution is -2.31. The predicted molar refractivity (Wildman–Crippen MR) is 88.8 cm³/mol. The van der Waals surface area contributed by atoms with E-state index in [0.29, 0.717) is 11.6 Å². The second-order valence-electron chi connectivity index (χ2n) is 6.38. The Kier molecular flexibility index (Phi) is 3.31. The van der Waals surface area contributed by atoms with E-state index in [1.165, 1.54) is 6.08 Å². The second-order valence-corrected chi connectivity index (χ2v) is 6.38. The summed E-state index contributed by atoms with van der Waals surface area (Å²) in [4.78, 5) is 25.9. The van der Waals surface area contributed by atoms with E-state index in [0.717, 1.165) is 42.4 Å². The van der Waals surface area contributed by atoms with E-state index in [1.54, 1.807) is 0 Å². The van der Waals surface area contributed by atoms with Crippen LogP contribution in [0.15, 0.2) is 36.5 Å². The van der Waals surface area contributed by atoms with E-state index in [-0.39, 0.29) is 11.8 Å². The van der Waals surface area contributed by atoms with Crippen LogP contribution in [0.25, 0.3) is 16.5 Å². The van der Waals surface area contributed by atoms with Crippen molar-refractivity contribution >= 4 is 28.3 Å². The molecule has 0 bridgehead atoms. The van der Waals surface area contributed by atoms with Crippen LogP contribution in [0.4, 0.5) is 0 Å². The van der Waals surface area contributed by atoms with Crippen molar-refractivity contribution in [1.82, 2.24) is 14.8 Å². The Morgan fingerprint density at radius 3 is 2.57 bits per heavy atom. The van der Waals surface area contributed by atoms with Crippen molar-refractivity contribution in [2.75, 3.05) is 20.1 Å². The Hall–Kier alpha value is -2.40. The van der Waals surface area contributed by atoms with Crippen LogP contribution in [0.3, 0.4) is 0 Å². The summed E-state index contributed by atoms with van der Waals surface area (Å²) in [6.07, 6.45) is 5.64. The lowest BCUT2D eigenvalue weighted by Gasteiger charge is -2.30. The van der Waals surface area contributed by atoms with Crippen LogP contribution in [0, 0.1) is 0 Å². The van der Waals surface area contributed by atoms with Crippen LogP contribution < -0.4 is 5.32 Å². The molecule has 1 fully saturated rings. The molecule has 5 heteroatoms. The Labute approximate surface area is 134 Å². The van der Waals surface area contributed by atoms with Crippen LogP contribution in [-0.2, 0) is 9.59 Å². The van der Waals surface area contributed by atoms with Crippen molar-refractivity contribution in [2.45, 2.75) is 18.9 Å². The van der Waals surface area contributed by atoms with Gasteiger partial charge in [-0.3, -0.25) is 14.9 Å². The molecule has 0 unspecified atom stereocenters. The number of imide groups is 1. The largest absolute Gasteiger partial charge is 0.344 e. The minimum Gasteiger partial charge on any atom is -0.344 e. The summed E-state index contributed by atoms with van der Waals surface area (Å²) in [5.41, 5.74) is 2.45. The topological polar surface area (TPSA) is 54.3 Å². The number of nitrogens with one attached hydrogen (secondary N) is 1. The van der Waals surface area contributed by atoms with Crippen molar-refractivity contribution in [3.05, 3.63) is 42.1 Å². The summed E-state index contributed by atoms with van der Waals surface area (Å²) in [5, 5.41) is 3.37. The Bertz CT molecular complexity index is 826. The summed E-state index contributed by atoms with van der Waals surface area (Å²) < 4.78 is 2.29. The quantitative estimate of drug-likeness (QED) is 0.863. The fraction of sp³-hybridized carbons (Fsp3) is 0.333. The molecule has 2 aromatic rings.